The van der Waals surface area contributed by atoms with E-state index >= 15 is 0 Å². The molecule has 1 amide bonds. The Morgan fingerprint density at radius 1 is 0.971 bits per heavy atom. The van der Waals surface area contributed by atoms with Crippen molar-refractivity contribution in [2.45, 2.75) is 11.8 Å². The van der Waals surface area contributed by atoms with E-state index in [1.165, 1.54) is 43.4 Å². The van der Waals surface area contributed by atoms with Crippen molar-refractivity contribution in [1.29, 1.82) is 0 Å². The topological polar surface area (TPSA) is 92.8 Å². The highest BCUT2D eigenvalue weighted by Crippen LogP contribution is 2.30. The summed E-state index contributed by atoms with van der Waals surface area (Å²) >= 11 is 12.1. The van der Waals surface area contributed by atoms with E-state index in [1.54, 1.807) is 37.3 Å². The van der Waals surface area contributed by atoms with Crippen LogP contribution < -0.4 is 10.1 Å². The molecule has 0 heterocycles. The molecule has 0 atom stereocenters. The molecule has 178 valence electrons. The molecule has 3 aromatic carbocycles. The van der Waals surface area contributed by atoms with Gasteiger partial charge in [0.2, 0.25) is 15.9 Å². The smallest absolute Gasteiger partial charge is 0.247 e. The number of sulfonamides is 1. The minimum absolute atomic E-state index is 0.132. The molecule has 0 fully saturated rings. The molecule has 0 aliphatic carbocycles. The van der Waals surface area contributed by atoms with Crippen molar-refractivity contribution in [3.63, 3.8) is 0 Å². The largest absolute Gasteiger partial charge is 0.492 e. The van der Waals surface area contributed by atoms with E-state index in [-0.39, 0.29) is 39.3 Å². The molecular formula is C24H22Cl2N2O5S. The fourth-order valence-electron chi connectivity index (χ4n) is 3.16. The molecule has 1 N–H and O–H groups in total. The molecule has 0 aliphatic rings. The molecule has 34 heavy (non-hydrogen) atoms. The van der Waals surface area contributed by atoms with Crippen LogP contribution in [0.25, 0.3) is 0 Å². The highest BCUT2D eigenvalue weighted by molar-refractivity contribution is 7.89. The van der Waals surface area contributed by atoms with E-state index in [4.69, 9.17) is 27.9 Å². The van der Waals surface area contributed by atoms with E-state index in [0.717, 1.165) is 4.31 Å². The van der Waals surface area contributed by atoms with Gasteiger partial charge < -0.3 is 10.1 Å². The van der Waals surface area contributed by atoms with E-state index in [2.05, 4.69) is 5.32 Å². The zero-order valence-corrected chi connectivity index (χ0v) is 20.7. The average molecular weight is 521 g/mol. The Balaban J connectivity index is 1.83. The summed E-state index contributed by atoms with van der Waals surface area (Å²) in [6.45, 7) is 1.47. The maximum Gasteiger partial charge on any atom is 0.247 e. The van der Waals surface area contributed by atoms with E-state index in [1.807, 2.05) is 0 Å². The van der Waals surface area contributed by atoms with Crippen LogP contribution >= 0.6 is 23.2 Å². The first-order valence-electron chi connectivity index (χ1n) is 10.2. The van der Waals surface area contributed by atoms with Crippen molar-refractivity contribution < 1.29 is 22.7 Å². The first-order valence-corrected chi connectivity index (χ1v) is 12.4. The van der Waals surface area contributed by atoms with Gasteiger partial charge in [-0.15, -0.1) is 0 Å². The number of hydrogen-bond acceptors (Lipinski definition) is 5. The van der Waals surface area contributed by atoms with Gasteiger partial charge in [0.05, 0.1) is 18.8 Å². The van der Waals surface area contributed by atoms with Crippen molar-refractivity contribution in [2.75, 3.05) is 25.5 Å². The summed E-state index contributed by atoms with van der Waals surface area (Å²) in [5.74, 6) is -0.845. The lowest BCUT2D eigenvalue weighted by atomic mass is 10.0. The maximum absolute atomic E-state index is 13.1. The van der Waals surface area contributed by atoms with Gasteiger partial charge in [0.1, 0.15) is 10.6 Å². The fourth-order valence-corrected chi connectivity index (χ4v) is 4.85. The number of amides is 1. The lowest BCUT2D eigenvalue weighted by Gasteiger charge is -2.19. The Hall–Kier alpha value is -2.91. The zero-order valence-electron chi connectivity index (χ0n) is 18.4. The first-order chi connectivity index (χ1) is 16.1. The molecule has 0 aliphatic heterocycles. The number of nitrogens with one attached hydrogen (secondary N) is 1. The van der Waals surface area contributed by atoms with Gasteiger partial charge in [-0.05, 0) is 43.3 Å². The Morgan fingerprint density at radius 3 is 2.29 bits per heavy atom. The summed E-state index contributed by atoms with van der Waals surface area (Å²) in [6, 6.07) is 17.3. The van der Waals surface area contributed by atoms with E-state index in [9.17, 15) is 18.0 Å². The van der Waals surface area contributed by atoms with Crippen molar-refractivity contribution in [1.82, 2.24) is 4.31 Å². The van der Waals surface area contributed by atoms with Crippen molar-refractivity contribution in [2.24, 2.45) is 0 Å². The van der Waals surface area contributed by atoms with Crippen LogP contribution in [0.2, 0.25) is 10.0 Å². The molecule has 0 bridgehead atoms. The molecule has 3 rings (SSSR count). The number of anilines is 1. The molecule has 0 radical (unpaired) electrons. The summed E-state index contributed by atoms with van der Waals surface area (Å²) in [6.07, 6.45) is 0. The van der Waals surface area contributed by atoms with Crippen LogP contribution in [0.5, 0.6) is 5.75 Å². The third-order valence-corrected chi connectivity index (χ3v) is 7.09. The summed E-state index contributed by atoms with van der Waals surface area (Å²) in [4.78, 5) is 25.6. The quantitative estimate of drug-likeness (QED) is 0.405. The van der Waals surface area contributed by atoms with Gasteiger partial charge in [0.25, 0.3) is 0 Å². The second-order valence-corrected chi connectivity index (χ2v) is 10.1. The van der Waals surface area contributed by atoms with Crippen LogP contribution in [-0.2, 0) is 14.8 Å². The number of benzene rings is 3. The van der Waals surface area contributed by atoms with Gasteiger partial charge in [0.15, 0.2) is 5.78 Å². The normalized spacial score (nSPS) is 11.3. The van der Waals surface area contributed by atoms with Gasteiger partial charge in [-0.25, -0.2) is 8.42 Å². The minimum Gasteiger partial charge on any atom is -0.492 e. The molecule has 0 saturated heterocycles. The minimum atomic E-state index is -4.10. The van der Waals surface area contributed by atoms with Gasteiger partial charge in [-0.3, -0.25) is 9.59 Å². The number of nitrogens with zero attached hydrogens (tertiary/aromatic N) is 1. The fraction of sp³-hybridized carbons (Fsp3) is 0.167. The van der Waals surface area contributed by atoms with Crippen LogP contribution in [0.3, 0.4) is 0 Å². The van der Waals surface area contributed by atoms with Crippen molar-refractivity contribution in [3.05, 3.63) is 87.9 Å². The number of ether oxygens (including phenoxy) is 1. The third-order valence-electron chi connectivity index (χ3n) is 4.80. The molecule has 3 aromatic rings. The number of rotatable bonds is 9. The second kappa shape index (κ2) is 11.0. The molecule has 0 aromatic heterocycles. The number of likely N-dealkylation sites (N-methyl/N-ethyl adjacent to an activating group) is 1. The molecule has 0 unspecified atom stereocenters. The molecule has 10 heteroatoms. The van der Waals surface area contributed by atoms with Gasteiger partial charge in [-0.2, -0.15) is 4.31 Å². The standard InChI is InChI=1S/C24H22Cl2N2O5S/c1-3-33-21-12-10-18(26)14-22(21)34(31,32)28(2)15-23(29)27-20-11-9-17(25)13-19(20)24(30)16-7-5-4-6-8-16/h4-14H,3,15H2,1-2H3,(H,27,29). The van der Waals surface area contributed by atoms with Gasteiger partial charge in [0, 0.05) is 28.2 Å². The van der Waals surface area contributed by atoms with E-state index < -0.39 is 22.5 Å². The number of halogens is 2. The van der Waals surface area contributed by atoms with Crippen LogP contribution in [0.15, 0.2) is 71.6 Å². The third kappa shape index (κ3) is 5.95. The second-order valence-electron chi connectivity index (χ2n) is 7.22. The molecule has 0 spiro atoms. The summed E-state index contributed by atoms with van der Waals surface area (Å²) in [5, 5.41) is 3.15. The molecule has 0 saturated carbocycles. The van der Waals surface area contributed by atoms with Crippen LogP contribution in [0, 0.1) is 0 Å². The highest BCUT2D eigenvalue weighted by Gasteiger charge is 2.27. The predicted octanol–water partition coefficient (Wildman–Crippen LogP) is 4.88. The van der Waals surface area contributed by atoms with Crippen LogP contribution in [0.4, 0.5) is 5.69 Å². The van der Waals surface area contributed by atoms with Crippen molar-refractivity contribution >= 4 is 50.6 Å². The number of carbonyl (C=O) groups is 2. The number of carbonyl (C=O) groups excluding carboxylic acids is 2. The summed E-state index contributed by atoms with van der Waals surface area (Å²) in [7, 11) is -2.84. The summed E-state index contributed by atoms with van der Waals surface area (Å²) in [5.41, 5.74) is 0.821. The Morgan fingerprint density at radius 2 is 1.62 bits per heavy atom. The lowest BCUT2D eigenvalue weighted by molar-refractivity contribution is -0.116. The lowest BCUT2D eigenvalue weighted by Crippen LogP contribution is -2.35. The van der Waals surface area contributed by atoms with Crippen LogP contribution in [-0.4, -0.2) is 44.6 Å². The Kier molecular flexibility index (Phi) is 8.33. The maximum atomic E-state index is 13.1. The number of ketones is 1. The van der Waals surface area contributed by atoms with Crippen molar-refractivity contribution in [3.8, 4) is 5.75 Å². The summed E-state index contributed by atoms with van der Waals surface area (Å²) < 4.78 is 32.5. The molecular weight excluding hydrogens is 499 g/mol. The monoisotopic (exact) mass is 520 g/mol. The Bertz CT molecular complexity index is 1310. The van der Waals surface area contributed by atoms with E-state index in [0.29, 0.717) is 10.6 Å². The SMILES string of the molecule is CCOc1ccc(Cl)cc1S(=O)(=O)N(C)CC(=O)Nc1ccc(Cl)cc1C(=O)c1ccccc1. The van der Waals surface area contributed by atoms with Gasteiger partial charge in [-0.1, -0.05) is 53.5 Å². The highest BCUT2D eigenvalue weighted by atomic mass is 35.5. The Labute approximate surface area is 208 Å². The van der Waals surface area contributed by atoms with Gasteiger partial charge >= 0.3 is 0 Å². The van der Waals surface area contributed by atoms with Crippen LogP contribution in [0.1, 0.15) is 22.8 Å². The molecule has 7 nitrogen and oxygen atoms in total. The zero-order chi connectivity index (χ0) is 24.9. The first kappa shape index (κ1) is 25.7. The number of hydrogen-bond donors (Lipinski definition) is 1. The average Bonchev–Trinajstić information content (AvgIpc) is 2.81. The predicted molar refractivity (Wildman–Crippen MR) is 132 cm³/mol.